The van der Waals surface area contributed by atoms with Crippen molar-refractivity contribution in [2.24, 2.45) is 0 Å². The average Bonchev–Trinajstić information content (AvgIpc) is 2.72. The topological polar surface area (TPSA) is 49.3 Å². The summed E-state index contributed by atoms with van der Waals surface area (Å²) < 4.78 is 38.2. The molecule has 0 saturated carbocycles. The molecule has 1 aromatic heterocycles. The van der Waals surface area contributed by atoms with E-state index in [4.69, 9.17) is 0 Å². The largest absolute Gasteiger partial charge is 0.416 e. The highest BCUT2D eigenvalue weighted by molar-refractivity contribution is 5.94. The minimum atomic E-state index is -4.37. The molecule has 0 radical (unpaired) electrons. The number of hydrogen-bond donors (Lipinski definition) is 0. The highest BCUT2D eigenvalue weighted by atomic mass is 19.4. The van der Waals surface area contributed by atoms with E-state index in [0.717, 1.165) is 55.4 Å². The van der Waals surface area contributed by atoms with E-state index in [1.54, 1.807) is 18.9 Å². The van der Waals surface area contributed by atoms with E-state index in [0.29, 0.717) is 11.1 Å². The summed E-state index contributed by atoms with van der Waals surface area (Å²) in [5, 5.41) is 0. The third-order valence-corrected chi connectivity index (χ3v) is 5.64. The number of piperidine rings is 1. The Bertz CT molecular complexity index is 942. The van der Waals surface area contributed by atoms with Gasteiger partial charge >= 0.3 is 6.18 Å². The summed E-state index contributed by atoms with van der Waals surface area (Å²) in [6, 6.07) is 6.93. The van der Waals surface area contributed by atoms with Crippen molar-refractivity contribution in [1.82, 2.24) is 14.9 Å². The van der Waals surface area contributed by atoms with Gasteiger partial charge in [0, 0.05) is 44.0 Å². The van der Waals surface area contributed by atoms with Crippen molar-refractivity contribution in [2.75, 3.05) is 25.0 Å². The molecule has 0 unspecified atom stereocenters. The van der Waals surface area contributed by atoms with Crippen LogP contribution in [-0.2, 0) is 11.0 Å². The normalized spacial score (nSPS) is 15.8. The van der Waals surface area contributed by atoms with Crippen LogP contribution < -0.4 is 4.90 Å². The van der Waals surface area contributed by atoms with E-state index < -0.39 is 11.7 Å². The van der Waals surface area contributed by atoms with Crippen LogP contribution in [0.2, 0.25) is 0 Å². The van der Waals surface area contributed by atoms with Gasteiger partial charge in [0.15, 0.2) is 0 Å². The lowest BCUT2D eigenvalue weighted by Crippen LogP contribution is -2.45. The second-order valence-corrected chi connectivity index (χ2v) is 7.98. The van der Waals surface area contributed by atoms with E-state index in [-0.39, 0.29) is 11.9 Å². The molecule has 1 amide bonds. The van der Waals surface area contributed by atoms with Gasteiger partial charge in [-0.2, -0.15) is 13.2 Å². The molecule has 0 atom stereocenters. The Morgan fingerprint density at radius 3 is 2.29 bits per heavy atom. The van der Waals surface area contributed by atoms with Crippen LogP contribution in [0.5, 0.6) is 0 Å². The Kier molecular flexibility index (Phi) is 6.67. The third kappa shape index (κ3) is 5.62. The van der Waals surface area contributed by atoms with E-state index in [9.17, 15) is 18.0 Å². The van der Waals surface area contributed by atoms with Crippen molar-refractivity contribution in [2.45, 2.75) is 45.8 Å². The predicted molar refractivity (Wildman–Crippen MR) is 115 cm³/mol. The van der Waals surface area contributed by atoms with Crippen LogP contribution in [-0.4, -0.2) is 47.0 Å². The number of carbonyl (C=O) groups is 1. The average molecular weight is 432 g/mol. The molecule has 1 aromatic carbocycles. The van der Waals surface area contributed by atoms with Crippen LogP contribution in [0.3, 0.4) is 0 Å². The van der Waals surface area contributed by atoms with E-state index in [1.807, 2.05) is 19.9 Å². The summed E-state index contributed by atoms with van der Waals surface area (Å²) in [4.78, 5) is 25.5. The lowest BCUT2D eigenvalue weighted by Gasteiger charge is -2.37. The van der Waals surface area contributed by atoms with Crippen LogP contribution >= 0.6 is 0 Å². The van der Waals surface area contributed by atoms with Crippen molar-refractivity contribution in [3.05, 3.63) is 59.1 Å². The number of rotatable bonds is 4. The molecule has 3 rings (SSSR count). The second kappa shape index (κ2) is 9.08. The van der Waals surface area contributed by atoms with E-state index >= 15 is 0 Å². The molecule has 1 aliphatic rings. The molecule has 0 spiro atoms. The Balaban J connectivity index is 1.61. The fourth-order valence-corrected chi connectivity index (χ4v) is 3.81. The fraction of sp³-hybridized carbons (Fsp3) is 0.435. The molecule has 166 valence electrons. The number of alkyl halides is 3. The van der Waals surface area contributed by atoms with Crippen LogP contribution in [0.1, 0.15) is 42.4 Å². The number of anilines is 1. The first-order valence-corrected chi connectivity index (χ1v) is 10.2. The number of hydrogen-bond acceptors (Lipinski definition) is 4. The molecular formula is C23H27F3N4O. The van der Waals surface area contributed by atoms with E-state index in [2.05, 4.69) is 14.9 Å². The first-order valence-electron chi connectivity index (χ1n) is 10.2. The molecule has 2 heterocycles. The molecule has 1 saturated heterocycles. The molecule has 31 heavy (non-hydrogen) atoms. The maximum absolute atomic E-state index is 12.7. The van der Waals surface area contributed by atoms with Gasteiger partial charge in [-0.15, -0.1) is 0 Å². The van der Waals surface area contributed by atoms with Gasteiger partial charge in [0.1, 0.15) is 11.6 Å². The van der Waals surface area contributed by atoms with Crippen molar-refractivity contribution in [3.8, 4) is 0 Å². The Labute approximate surface area is 180 Å². The van der Waals surface area contributed by atoms with Gasteiger partial charge in [-0.1, -0.05) is 12.1 Å². The number of aromatic nitrogens is 2. The highest BCUT2D eigenvalue weighted by Gasteiger charge is 2.30. The first kappa shape index (κ1) is 22.8. The van der Waals surface area contributed by atoms with Gasteiger partial charge in [-0.25, -0.2) is 9.97 Å². The van der Waals surface area contributed by atoms with Crippen LogP contribution in [0.15, 0.2) is 36.4 Å². The first-order chi connectivity index (χ1) is 14.5. The molecule has 5 nitrogen and oxygen atoms in total. The maximum Gasteiger partial charge on any atom is 0.416 e. The van der Waals surface area contributed by atoms with Crippen LogP contribution in [0.4, 0.5) is 19.0 Å². The molecular weight excluding hydrogens is 405 g/mol. The molecule has 2 aromatic rings. The molecule has 0 aliphatic carbocycles. The van der Waals surface area contributed by atoms with Gasteiger partial charge < -0.3 is 9.80 Å². The predicted octanol–water partition coefficient (Wildman–Crippen LogP) is 4.64. The van der Waals surface area contributed by atoms with Gasteiger partial charge in [0.05, 0.1) is 5.56 Å². The lowest BCUT2D eigenvalue weighted by atomic mass is 10.0. The summed E-state index contributed by atoms with van der Waals surface area (Å²) >= 11 is 0. The van der Waals surface area contributed by atoms with Crippen LogP contribution in [0.25, 0.3) is 5.57 Å². The van der Waals surface area contributed by atoms with E-state index in [1.165, 1.54) is 18.2 Å². The van der Waals surface area contributed by atoms with Crippen molar-refractivity contribution < 1.29 is 18.0 Å². The molecule has 1 aliphatic heterocycles. The number of halogens is 3. The summed E-state index contributed by atoms with van der Waals surface area (Å²) in [5.41, 5.74) is 1.46. The number of benzene rings is 1. The molecule has 0 N–H and O–H groups in total. The maximum atomic E-state index is 12.7. The number of carbonyl (C=O) groups excluding carboxylic acids is 1. The Hall–Kier alpha value is -2.90. The van der Waals surface area contributed by atoms with Gasteiger partial charge in [-0.3, -0.25) is 4.79 Å². The highest BCUT2D eigenvalue weighted by Crippen LogP contribution is 2.30. The van der Waals surface area contributed by atoms with Crippen molar-refractivity contribution >= 4 is 17.3 Å². The number of nitrogens with zero attached hydrogens (tertiary/aromatic N) is 4. The van der Waals surface area contributed by atoms with Crippen LogP contribution in [0, 0.1) is 13.8 Å². The number of aryl methyl sites for hydroxylation is 2. The van der Waals surface area contributed by atoms with Crippen molar-refractivity contribution in [3.63, 3.8) is 0 Å². The summed E-state index contributed by atoms with van der Waals surface area (Å²) in [7, 11) is 1.78. The monoisotopic (exact) mass is 432 g/mol. The zero-order valence-electron chi connectivity index (χ0n) is 18.2. The van der Waals surface area contributed by atoms with Gasteiger partial charge in [-0.05, 0) is 56.9 Å². The number of amides is 1. The minimum Gasteiger partial charge on any atom is -0.356 e. The van der Waals surface area contributed by atoms with Crippen molar-refractivity contribution in [1.29, 1.82) is 0 Å². The summed E-state index contributed by atoms with van der Waals surface area (Å²) in [6.45, 7) is 7.14. The third-order valence-electron chi connectivity index (χ3n) is 5.64. The minimum absolute atomic E-state index is 0.101. The number of allylic oxidation sites excluding steroid dienone is 1. The summed E-state index contributed by atoms with van der Waals surface area (Å²) in [6.07, 6.45) is -1.24. The number of likely N-dealkylation sites (N-methyl/N-ethyl adjacent to an activating group) is 1. The molecule has 8 heteroatoms. The lowest BCUT2D eigenvalue weighted by molar-refractivity contribution is -0.137. The Morgan fingerprint density at radius 1 is 1.13 bits per heavy atom. The molecule has 0 bridgehead atoms. The van der Waals surface area contributed by atoms with Gasteiger partial charge in [0.2, 0.25) is 5.91 Å². The standard InChI is InChI=1S/C23H27F3N4O/c1-15(18-5-7-19(8-6-18)23(24,25)26)13-22(31)29(4)20-9-11-30(12-10-20)21-14-16(2)27-17(3)28-21/h5-8,13-14,20H,9-12H2,1-4H3/b15-13-. The molecule has 1 fully saturated rings. The Morgan fingerprint density at radius 2 is 1.74 bits per heavy atom. The second-order valence-electron chi connectivity index (χ2n) is 7.98. The smallest absolute Gasteiger partial charge is 0.356 e. The quantitative estimate of drug-likeness (QED) is 0.661. The SMILES string of the molecule is C/C(=C/C(=O)N(C)C1CCN(c2cc(C)nc(C)n2)CC1)c1ccc(C(F)(F)F)cc1. The fourth-order valence-electron chi connectivity index (χ4n) is 3.81. The zero-order valence-corrected chi connectivity index (χ0v) is 18.2. The summed E-state index contributed by atoms with van der Waals surface area (Å²) in [5.74, 6) is 1.51. The van der Waals surface area contributed by atoms with Gasteiger partial charge in [0.25, 0.3) is 0 Å². The zero-order chi connectivity index (χ0) is 22.8.